The summed E-state index contributed by atoms with van der Waals surface area (Å²) >= 11 is 0. The first kappa shape index (κ1) is 25.6. The van der Waals surface area contributed by atoms with Gasteiger partial charge in [0.05, 0.1) is 19.8 Å². The van der Waals surface area contributed by atoms with Crippen LogP contribution >= 0.6 is 0 Å². The predicted octanol–water partition coefficient (Wildman–Crippen LogP) is 5.98. The molecule has 0 aromatic heterocycles. The van der Waals surface area contributed by atoms with E-state index in [0.29, 0.717) is 22.9 Å². The molecule has 7 heteroatoms. The zero-order chi connectivity index (χ0) is 25.4. The summed E-state index contributed by atoms with van der Waals surface area (Å²) in [5, 5.41) is 2.69. The maximum absolute atomic E-state index is 12.3. The van der Waals surface area contributed by atoms with Crippen LogP contribution in [0.5, 0.6) is 23.0 Å². The monoisotopic (exact) mass is 477 g/mol. The van der Waals surface area contributed by atoms with Crippen molar-refractivity contribution >= 4 is 17.6 Å². The van der Waals surface area contributed by atoms with Crippen LogP contribution in [0.3, 0.4) is 0 Å². The number of hydrogen-bond acceptors (Lipinski definition) is 6. The lowest BCUT2D eigenvalue weighted by atomic mass is 9.82. The van der Waals surface area contributed by atoms with Gasteiger partial charge in [-0.25, -0.2) is 4.79 Å². The molecule has 184 valence electrons. The van der Waals surface area contributed by atoms with Gasteiger partial charge in [0.2, 0.25) is 0 Å². The maximum Gasteiger partial charge on any atom is 0.338 e. The molecule has 0 spiro atoms. The molecule has 0 heterocycles. The maximum atomic E-state index is 12.3. The van der Waals surface area contributed by atoms with E-state index in [9.17, 15) is 9.59 Å². The molecule has 3 aromatic rings. The van der Waals surface area contributed by atoms with Crippen molar-refractivity contribution in [2.45, 2.75) is 32.6 Å². The van der Waals surface area contributed by atoms with Gasteiger partial charge in [0.15, 0.2) is 6.61 Å². The lowest BCUT2D eigenvalue weighted by Crippen LogP contribution is -2.21. The number of esters is 1. The third-order valence-corrected chi connectivity index (χ3v) is 5.81. The molecule has 7 nitrogen and oxygen atoms in total. The second-order valence-corrected chi connectivity index (χ2v) is 8.61. The predicted molar refractivity (Wildman–Crippen MR) is 135 cm³/mol. The highest BCUT2D eigenvalue weighted by Crippen LogP contribution is 2.30. The molecule has 1 N–H and O–H groups in total. The zero-order valence-electron chi connectivity index (χ0n) is 20.7. The number of amides is 1. The molecule has 0 unspecified atom stereocenters. The van der Waals surface area contributed by atoms with E-state index in [-0.39, 0.29) is 11.0 Å². The van der Waals surface area contributed by atoms with E-state index in [2.05, 4.69) is 38.2 Å². The average Bonchev–Trinajstić information content (AvgIpc) is 2.88. The zero-order valence-corrected chi connectivity index (χ0v) is 20.7. The van der Waals surface area contributed by atoms with E-state index in [0.717, 1.165) is 12.2 Å². The van der Waals surface area contributed by atoms with Crippen molar-refractivity contribution in [2.75, 3.05) is 26.1 Å². The van der Waals surface area contributed by atoms with Crippen LogP contribution in [0.4, 0.5) is 5.69 Å². The lowest BCUT2D eigenvalue weighted by molar-refractivity contribution is -0.119. The van der Waals surface area contributed by atoms with Gasteiger partial charge in [0.1, 0.15) is 23.0 Å². The van der Waals surface area contributed by atoms with Crippen molar-refractivity contribution in [1.82, 2.24) is 0 Å². The van der Waals surface area contributed by atoms with Crippen molar-refractivity contribution in [1.29, 1.82) is 0 Å². The van der Waals surface area contributed by atoms with Gasteiger partial charge in [-0.05, 0) is 65.9 Å². The van der Waals surface area contributed by atoms with Gasteiger partial charge in [-0.3, -0.25) is 4.79 Å². The van der Waals surface area contributed by atoms with E-state index < -0.39 is 18.5 Å². The van der Waals surface area contributed by atoms with Gasteiger partial charge < -0.3 is 24.3 Å². The van der Waals surface area contributed by atoms with Crippen molar-refractivity contribution in [3.8, 4) is 23.0 Å². The fourth-order valence-corrected chi connectivity index (χ4v) is 3.26. The molecule has 3 rings (SSSR count). The summed E-state index contributed by atoms with van der Waals surface area (Å²) in [5.41, 5.74) is 2.16. The molecule has 0 aliphatic carbocycles. The van der Waals surface area contributed by atoms with Crippen LogP contribution in [0, 0.1) is 0 Å². The van der Waals surface area contributed by atoms with E-state index in [1.54, 1.807) is 30.3 Å². The molecule has 0 saturated heterocycles. The highest BCUT2D eigenvalue weighted by molar-refractivity contribution is 5.95. The Morgan fingerprint density at radius 3 is 1.86 bits per heavy atom. The quantitative estimate of drug-likeness (QED) is 0.362. The first-order chi connectivity index (χ1) is 16.7. The topological polar surface area (TPSA) is 83.1 Å². The second-order valence-electron chi connectivity index (χ2n) is 8.61. The largest absolute Gasteiger partial charge is 0.497 e. The first-order valence-electron chi connectivity index (χ1n) is 11.3. The minimum atomic E-state index is -0.658. The third-order valence-electron chi connectivity index (χ3n) is 5.81. The smallest absolute Gasteiger partial charge is 0.338 e. The lowest BCUT2D eigenvalue weighted by Gasteiger charge is -2.23. The second kappa shape index (κ2) is 11.4. The summed E-state index contributed by atoms with van der Waals surface area (Å²) in [6.07, 6.45) is 1.05. The Morgan fingerprint density at radius 2 is 1.34 bits per heavy atom. The Bertz CT molecular complexity index is 1130. The summed E-state index contributed by atoms with van der Waals surface area (Å²) in [7, 11) is 2.97. The number of methoxy groups -OCH3 is 2. The summed E-state index contributed by atoms with van der Waals surface area (Å²) < 4.78 is 21.3. The molecule has 35 heavy (non-hydrogen) atoms. The number of rotatable bonds is 10. The van der Waals surface area contributed by atoms with Crippen LogP contribution in [-0.4, -0.2) is 32.7 Å². The summed E-state index contributed by atoms with van der Waals surface area (Å²) in [6, 6.07) is 19.7. The van der Waals surface area contributed by atoms with Crippen LogP contribution < -0.4 is 19.5 Å². The number of benzene rings is 3. The van der Waals surface area contributed by atoms with Crippen molar-refractivity contribution in [2.24, 2.45) is 0 Å². The molecule has 0 radical (unpaired) electrons. The Balaban J connectivity index is 1.52. The van der Waals surface area contributed by atoms with Crippen molar-refractivity contribution in [3.63, 3.8) is 0 Å². The van der Waals surface area contributed by atoms with Crippen LogP contribution in [0.1, 0.15) is 43.1 Å². The molecule has 0 aliphatic heterocycles. The molecular formula is C28H31NO6. The molecule has 1 amide bonds. The molecule has 0 fully saturated rings. The van der Waals surface area contributed by atoms with Gasteiger partial charge in [-0.2, -0.15) is 0 Å². The highest BCUT2D eigenvalue weighted by Gasteiger charge is 2.17. The minimum absolute atomic E-state index is 0.119. The van der Waals surface area contributed by atoms with E-state index in [4.69, 9.17) is 18.9 Å². The molecule has 3 aromatic carbocycles. The van der Waals surface area contributed by atoms with Crippen LogP contribution in [0.15, 0.2) is 66.7 Å². The van der Waals surface area contributed by atoms with Crippen molar-refractivity contribution in [3.05, 3.63) is 77.9 Å². The Labute approximate surface area is 206 Å². The van der Waals surface area contributed by atoms with Gasteiger partial charge >= 0.3 is 5.97 Å². The van der Waals surface area contributed by atoms with E-state index in [1.165, 1.54) is 31.9 Å². The van der Waals surface area contributed by atoms with E-state index >= 15 is 0 Å². The average molecular weight is 478 g/mol. The number of carbonyl (C=O) groups excluding carboxylic acids is 2. The Kier molecular flexibility index (Phi) is 8.36. The normalized spacial score (nSPS) is 10.9. The molecule has 0 atom stereocenters. The van der Waals surface area contributed by atoms with Crippen LogP contribution in [0.2, 0.25) is 0 Å². The van der Waals surface area contributed by atoms with E-state index in [1.807, 2.05) is 12.1 Å². The first-order valence-corrected chi connectivity index (χ1v) is 11.3. The fourth-order valence-electron chi connectivity index (χ4n) is 3.26. The molecule has 0 saturated carbocycles. The number of carbonyl (C=O) groups is 2. The fraction of sp³-hybridized carbons (Fsp3) is 0.286. The number of nitrogens with one attached hydrogen (secondary N) is 1. The van der Waals surface area contributed by atoms with Gasteiger partial charge in [0, 0.05) is 11.8 Å². The summed E-state index contributed by atoms with van der Waals surface area (Å²) in [4.78, 5) is 24.6. The minimum Gasteiger partial charge on any atom is -0.497 e. The summed E-state index contributed by atoms with van der Waals surface area (Å²) in [5.74, 6) is 1.15. The Hall–Kier alpha value is -4.00. The van der Waals surface area contributed by atoms with Crippen LogP contribution in [0.25, 0.3) is 0 Å². The highest BCUT2D eigenvalue weighted by atomic mass is 16.5. The SMILES string of the molecule is CCC(C)(C)c1ccc(Oc2ccc(NC(=O)COC(=O)c3cc(OC)cc(OC)c3)cc2)cc1. The molecule has 0 bridgehead atoms. The molecule has 0 aliphatic rings. The van der Waals surface area contributed by atoms with Crippen molar-refractivity contribution < 1.29 is 28.5 Å². The van der Waals surface area contributed by atoms with Gasteiger partial charge in [0.25, 0.3) is 5.91 Å². The molecular weight excluding hydrogens is 446 g/mol. The van der Waals surface area contributed by atoms with Gasteiger partial charge in [-0.1, -0.05) is 32.9 Å². The number of ether oxygens (including phenoxy) is 4. The van der Waals surface area contributed by atoms with Gasteiger partial charge in [-0.15, -0.1) is 0 Å². The Morgan fingerprint density at radius 1 is 0.800 bits per heavy atom. The summed E-state index contributed by atoms with van der Waals surface area (Å²) in [6.45, 7) is 6.17. The third kappa shape index (κ3) is 6.99. The number of anilines is 1. The van der Waals surface area contributed by atoms with Crippen LogP contribution in [-0.2, 0) is 14.9 Å². The standard InChI is InChI=1S/C28H31NO6/c1-6-28(2,3)20-7-11-22(12-8-20)35-23-13-9-21(10-14-23)29-26(30)18-34-27(31)19-15-24(32-4)17-25(16-19)33-5/h7-17H,6,18H2,1-5H3,(H,29,30). The number of hydrogen-bond donors (Lipinski definition) is 1.